The third-order valence-electron chi connectivity index (χ3n) is 2.69. The summed E-state index contributed by atoms with van der Waals surface area (Å²) in [5.41, 5.74) is 2.31. The number of nitrogens with zero attached hydrogens (tertiary/aromatic N) is 2. The van der Waals surface area contributed by atoms with Gasteiger partial charge in [0.1, 0.15) is 0 Å². The summed E-state index contributed by atoms with van der Waals surface area (Å²) in [5.74, 6) is 0. The topological polar surface area (TPSA) is 28.2 Å². The second kappa shape index (κ2) is 5.05. The molecule has 0 radical (unpaired) electrons. The first-order valence-corrected chi connectivity index (χ1v) is 5.37. The van der Waals surface area contributed by atoms with Gasteiger partial charge in [-0.05, 0) is 17.2 Å². The maximum Gasteiger partial charge on any atom is 0.0343 e. The third kappa shape index (κ3) is 2.88. The van der Waals surface area contributed by atoms with Gasteiger partial charge in [0.2, 0.25) is 0 Å². The zero-order valence-corrected chi connectivity index (χ0v) is 8.95. The molecule has 1 aliphatic rings. The first kappa shape index (κ1) is 10.3. The van der Waals surface area contributed by atoms with Crippen molar-refractivity contribution in [3.63, 3.8) is 0 Å². The Kier molecular flexibility index (Phi) is 3.48. The average Bonchev–Trinajstić information content (AvgIpc) is 2.31. The minimum absolute atomic E-state index is 0.952. The van der Waals surface area contributed by atoms with Crippen LogP contribution in [0.15, 0.2) is 31.1 Å². The maximum absolute atomic E-state index is 4.12. The number of aromatic nitrogens is 1. The molecule has 3 heteroatoms. The van der Waals surface area contributed by atoms with Crippen molar-refractivity contribution < 1.29 is 0 Å². The summed E-state index contributed by atoms with van der Waals surface area (Å²) in [5, 5.41) is 3.34. The predicted octanol–water partition coefficient (Wildman–Crippen LogP) is 1.000. The van der Waals surface area contributed by atoms with E-state index in [9.17, 15) is 0 Å². The van der Waals surface area contributed by atoms with Gasteiger partial charge in [-0.15, -0.1) is 0 Å². The van der Waals surface area contributed by atoms with Crippen LogP contribution in [0.4, 0.5) is 0 Å². The second-order valence-corrected chi connectivity index (χ2v) is 3.87. The minimum Gasteiger partial charge on any atom is -0.314 e. The van der Waals surface area contributed by atoms with Crippen LogP contribution in [0.25, 0.3) is 5.57 Å². The van der Waals surface area contributed by atoms with E-state index in [0.29, 0.717) is 0 Å². The highest BCUT2D eigenvalue weighted by Gasteiger charge is 2.10. The summed E-state index contributed by atoms with van der Waals surface area (Å²) in [6.07, 6.45) is 3.67. The summed E-state index contributed by atoms with van der Waals surface area (Å²) in [7, 11) is 0. The summed E-state index contributed by atoms with van der Waals surface area (Å²) in [6.45, 7) is 9.46. The Morgan fingerprint density at radius 1 is 1.47 bits per heavy atom. The van der Waals surface area contributed by atoms with Crippen LogP contribution in [-0.4, -0.2) is 42.6 Å². The van der Waals surface area contributed by atoms with Gasteiger partial charge in [-0.25, -0.2) is 0 Å². The Morgan fingerprint density at radius 2 is 2.27 bits per heavy atom. The highest BCUT2D eigenvalue weighted by atomic mass is 15.2. The number of hydrogen-bond donors (Lipinski definition) is 1. The Labute approximate surface area is 90.8 Å². The van der Waals surface area contributed by atoms with Crippen molar-refractivity contribution in [2.24, 2.45) is 0 Å². The number of nitrogens with one attached hydrogen (secondary N) is 1. The van der Waals surface area contributed by atoms with Gasteiger partial charge in [-0.1, -0.05) is 12.6 Å². The average molecular weight is 203 g/mol. The smallest absolute Gasteiger partial charge is 0.0343 e. The molecule has 0 unspecified atom stereocenters. The Morgan fingerprint density at radius 3 is 2.93 bits per heavy atom. The van der Waals surface area contributed by atoms with Crippen molar-refractivity contribution in [2.45, 2.75) is 0 Å². The van der Waals surface area contributed by atoms with Gasteiger partial charge in [-0.3, -0.25) is 9.88 Å². The summed E-state index contributed by atoms with van der Waals surface area (Å²) in [6, 6.07) is 4.02. The molecule has 1 fully saturated rings. The van der Waals surface area contributed by atoms with Crippen molar-refractivity contribution in [1.82, 2.24) is 15.2 Å². The third-order valence-corrected chi connectivity index (χ3v) is 2.69. The molecule has 2 rings (SSSR count). The molecule has 1 saturated heterocycles. The van der Waals surface area contributed by atoms with Gasteiger partial charge in [-0.2, -0.15) is 0 Å². The molecule has 0 atom stereocenters. The molecule has 0 spiro atoms. The molecule has 0 aliphatic carbocycles. The lowest BCUT2D eigenvalue weighted by Gasteiger charge is -2.27. The molecule has 80 valence electrons. The normalized spacial score (nSPS) is 17.6. The van der Waals surface area contributed by atoms with Crippen LogP contribution in [0, 0.1) is 0 Å². The highest BCUT2D eigenvalue weighted by Crippen LogP contribution is 2.12. The van der Waals surface area contributed by atoms with Crippen molar-refractivity contribution in [1.29, 1.82) is 0 Å². The fourth-order valence-electron chi connectivity index (χ4n) is 1.80. The standard InChI is InChI=1S/C12H17N3/c1-11(12-3-2-4-14-9-12)10-15-7-5-13-6-8-15/h2-4,9,13H,1,5-8,10H2. The van der Waals surface area contributed by atoms with E-state index in [1.807, 2.05) is 12.3 Å². The summed E-state index contributed by atoms with van der Waals surface area (Å²) < 4.78 is 0. The van der Waals surface area contributed by atoms with Gasteiger partial charge in [0.05, 0.1) is 0 Å². The van der Waals surface area contributed by atoms with Crippen molar-refractivity contribution in [3.05, 3.63) is 36.7 Å². The van der Waals surface area contributed by atoms with E-state index in [2.05, 4.69) is 27.8 Å². The molecule has 1 aromatic heterocycles. The first-order valence-electron chi connectivity index (χ1n) is 5.37. The van der Waals surface area contributed by atoms with Crippen LogP contribution in [0.5, 0.6) is 0 Å². The lowest BCUT2D eigenvalue weighted by Crippen LogP contribution is -2.43. The fraction of sp³-hybridized carbons (Fsp3) is 0.417. The summed E-state index contributed by atoms with van der Waals surface area (Å²) in [4.78, 5) is 6.53. The molecular weight excluding hydrogens is 186 g/mol. The first-order chi connectivity index (χ1) is 7.36. The van der Waals surface area contributed by atoms with Crippen molar-refractivity contribution >= 4 is 5.57 Å². The number of pyridine rings is 1. The van der Waals surface area contributed by atoms with E-state index in [-0.39, 0.29) is 0 Å². The molecule has 3 nitrogen and oxygen atoms in total. The predicted molar refractivity (Wildman–Crippen MR) is 62.6 cm³/mol. The molecule has 15 heavy (non-hydrogen) atoms. The van der Waals surface area contributed by atoms with Crippen LogP contribution in [0.3, 0.4) is 0 Å². The van der Waals surface area contributed by atoms with E-state index in [1.165, 1.54) is 0 Å². The number of rotatable bonds is 3. The SMILES string of the molecule is C=C(CN1CCNCC1)c1cccnc1. The van der Waals surface area contributed by atoms with Crippen molar-refractivity contribution in [3.8, 4) is 0 Å². The Balaban J connectivity index is 1.91. The molecule has 1 N–H and O–H groups in total. The van der Waals surface area contributed by atoms with E-state index >= 15 is 0 Å². The second-order valence-electron chi connectivity index (χ2n) is 3.87. The molecule has 0 saturated carbocycles. The lowest BCUT2D eigenvalue weighted by molar-refractivity contribution is 0.268. The number of hydrogen-bond acceptors (Lipinski definition) is 3. The maximum atomic E-state index is 4.12. The minimum atomic E-state index is 0.952. The van der Waals surface area contributed by atoms with Gasteiger partial charge in [0.15, 0.2) is 0 Å². The molecule has 1 aliphatic heterocycles. The zero-order valence-electron chi connectivity index (χ0n) is 8.95. The van der Waals surface area contributed by atoms with Crippen molar-refractivity contribution in [2.75, 3.05) is 32.7 Å². The van der Waals surface area contributed by atoms with Gasteiger partial charge in [0.25, 0.3) is 0 Å². The Bertz CT molecular complexity index is 315. The molecule has 2 heterocycles. The lowest BCUT2D eigenvalue weighted by atomic mass is 10.1. The Hall–Kier alpha value is -1.19. The van der Waals surface area contributed by atoms with Gasteiger partial charge in [0, 0.05) is 45.1 Å². The van der Waals surface area contributed by atoms with Gasteiger partial charge >= 0.3 is 0 Å². The molecular formula is C12H17N3. The van der Waals surface area contributed by atoms with E-state index in [0.717, 1.165) is 43.9 Å². The highest BCUT2D eigenvalue weighted by molar-refractivity contribution is 5.63. The van der Waals surface area contributed by atoms with Crippen LogP contribution in [0.1, 0.15) is 5.56 Å². The van der Waals surface area contributed by atoms with Crippen LogP contribution in [-0.2, 0) is 0 Å². The van der Waals surface area contributed by atoms with E-state index in [1.54, 1.807) is 6.20 Å². The zero-order chi connectivity index (χ0) is 10.5. The molecule has 0 bridgehead atoms. The van der Waals surface area contributed by atoms with E-state index in [4.69, 9.17) is 0 Å². The van der Waals surface area contributed by atoms with Crippen LogP contribution < -0.4 is 5.32 Å². The monoisotopic (exact) mass is 203 g/mol. The molecule has 1 aromatic rings. The van der Waals surface area contributed by atoms with Gasteiger partial charge < -0.3 is 5.32 Å². The fourth-order valence-corrected chi connectivity index (χ4v) is 1.80. The van der Waals surface area contributed by atoms with E-state index < -0.39 is 0 Å². The quantitative estimate of drug-likeness (QED) is 0.794. The summed E-state index contributed by atoms with van der Waals surface area (Å²) >= 11 is 0. The molecule has 0 aromatic carbocycles. The number of piperazine rings is 1. The van der Waals surface area contributed by atoms with Crippen LogP contribution in [0.2, 0.25) is 0 Å². The van der Waals surface area contributed by atoms with Crippen LogP contribution >= 0.6 is 0 Å². The molecule has 0 amide bonds. The largest absolute Gasteiger partial charge is 0.314 e.